The lowest BCUT2D eigenvalue weighted by molar-refractivity contribution is 0.276. The van der Waals surface area contributed by atoms with Crippen LogP contribution in [0.5, 0.6) is 0 Å². The monoisotopic (exact) mass is 390 g/mol. The third-order valence-electron chi connectivity index (χ3n) is 3.71. The summed E-state index contributed by atoms with van der Waals surface area (Å²) in [4.78, 5) is 0.240. The van der Waals surface area contributed by atoms with E-state index in [-0.39, 0.29) is 10.8 Å². The number of rotatable bonds is 4. The Labute approximate surface area is 127 Å². The highest BCUT2D eigenvalue weighted by atomic mass is 127. The van der Waals surface area contributed by atoms with Crippen molar-refractivity contribution in [2.45, 2.75) is 30.2 Å². The van der Waals surface area contributed by atoms with Crippen LogP contribution < -0.4 is 0 Å². The zero-order chi connectivity index (χ0) is 14.3. The fraction of sp³-hybridized carbons (Fsp3) is 0.462. The van der Waals surface area contributed by atoms with E-state index in [1.165, 1.54) is 11.4 Å². The van der Waals surface area contributed by atoms with Crippen molar-refractivity contribution in [3.05, 3.63) is 27.8 Å². The van der Waals surface area contributed by atoms with Gasteiger partial charge in [-0.2, -0.15) is 9.57 Å². The van der Waals surface area contributed by atoms with Crippen LogP contribution in [0.3, 0.4) is 0 Å². The molecule has 102 valence electrons. The standard InChI is InChI=1S/C13H15IN2O2S/c1-13(9-15,10-6-7-10)16(2)19(17,18)12-5-3-4-11(14)8-12/h3-5,8,10H,6-7H2,1-2H3/t13-/m1/s1. The number of sulfonamides is 1. The van der Waals surface area contributed by atoms with E-state index >= 15 is 0 Å². The van der Waals surface area contributed by atoms with E-state index in [0.29, 0.717) is 0 Å². The Morgan fingerprint density at radius 2 is 2.11 bits per heavy atom. The molecule has 0 saturated heterocycles. The summed E-state index contributed by atoms with van der Waals surface area (Å²) >= 11 is 2.08. The molecule has 0 radical (unpaired) electrons. The summed E-state index contributed by atoms with van der Waals surface area (Å²) < 4.78 is 27.3. The summed E-state index contributed by atoms with van der Waals surface area (Å²) in [6.45, 7) is 1.70. The summed E-state index contributed by atoms with van der Waals surface area (Å²) in [5.74, 6) is 0.139. The topological polar surface area (TPSA) is 61.2 Å². The predicted octanol–water partition coefficient (Wildman–Crippen LogP) is 2.60. The Bertz CT molecular complexity index is 634. The highest BCUT2D eigenvalue weighted by Gasteiger charge is 2.49. The van der Waals surface area contributed by atoms with Crippen molar-refractivity contribution >= 4 is 32.6 Å². The van der Waals surface area contributed by atoms with E-state index in [4.69, 9.17) is 0 Å². The molecule has 4 nitrogen and oxygen atoms in total. The second-order valence-corrected chi connectivity index (χ2v) is 8.18. The Hall–Kier alpha value is -0.650. The van der Waals surface area contributed by atoms with E-state index in [9.17, 15) is 13.7 Å². The second kappa shape index (κ2) is 5.04. The Morgan fingerprint density at radius 1 is 1.47 bits per heavy atom. The number of halogens is 1. The van der Waals surface area contributed by atoms with Crippen LogP contribution in [-0.2, 0) is 10.0 Å². The van der Waals surface area contributed by atoms with Crippen LogP contribution in [0.15, 0.2) is 29.2 Å². The van der Waals surface area contributed by atoms with Crippen molar-refractivity contribution in [1.29, 1.82) is 5.26 Å². The molecule has 1 aliphatic rings. The van der Waals surface area contributed by atoms with Crippen molar-refractivity contribution in [3.63, 3.8) is 0 Å². The fourth-order valence-corrected chi connectivity index (χ4v) is 4.39. The largest absolute Gasteiger partial charge is 0.244 e. The molecule has 6 heteroatoms. The molecule has 1 atom stereocenters. The van der Waals surface area contributed by atoms with E-state index in [2.05, 4.69) is 28.7 Å². The Kier molecular flexibility index (Phi) is 3.91. The van der Waals surface area contributed by atoms with E-state index in [1.807, 2.05) is 6.07 Å². The third-order valence-corrected chi connectivity index (χ3v) is 6.33. The first-order chi connectivity index (χ1) is 8.82. The normalized spacial score (nSPS) is 18.9. The zero-order valence-electron chi connectivity index (χ0n) is 10.8. The minimum absolute atomic E-state index is 0.139. The van der Waals surface area contributed by atoms with Gasteiger partial charge in [-0.15, -0.1) is 0 Å². The van der Waals surface area contributed by atoms with Crippen molar-refractivity contribution in [3.8, 4) is 6.07 Å². The average Bonchev–Trinajstić information content (AvgIpc) is 3.21. The van der Waals surface area contributed by atoms with Crippen LogP contribution in [0.4, 0.5) is 0 Å². The molecular formula is C13H15IN2O2S. The smallest absolute Gasteiger partial charge is 0.207 e. The highest BCUT2D eigenvalue weighted by Crippen LogP contribution is 2.43. The molecule has 1 aliphatic carbocycles. The van der Waals surface area contributed by atoms with Crippen LogP contribution in [0, 0.1) is 20.8 Å². The first kappa shape index (κ1) is 14.8. The molecule has 2 rings (SSSR count). The van der Waals surface area contributed by atoms with Gasteiger partial charge in [-0.3, -0.25) is 0 Å². The number of benzene rings is 1. The van der Waals surface area contributed by atoms with Crippen LogP contribution in [-0.4, -0.2) is 25.3 Å². The molecule has 0 N–H and O–H groups in total. The maximum Gasteiger partial charge on any atom is 0.244 e. The summed E-state index contributed by atoms with van der Waals surface area (Å²) in [5.41, 5.74) is -0.958. The van der Waals surface area contributed by atoms with Crippen molar-refractivity contribution < 1.29 is 8.42 Å². The zero-order valence-corrected chi connectivity index (χ0v) is 13.8. The van der Waals surface area contributed by atoms with Gasteiger partial charge in [-0.1, -0.05) is 6.07 Å². The van der Waals surface area contributed by atoms with Gasteiger partial charge in [0.15, 0.2) is 0 Å². The predicted molar refractivity (Wildman–Crippen MR) is 80.8 cm³/mol. The van der Waals surface area contributed by atoms with Gasteiger partial charge in [0.1, 0.15) is 5.54 Å². The quantitative estimate of drug-likeness (QED) is 0.743. The number of nitriles is 1. The molecule has 0 aliphatic heterocycles. The molecule has 19 heavy (non-hydrogen) atoms. The van der Waals surface area contributed by atoms with E-state index in [1.54, 1.807) is 25.1 Å². The number of nitrogens with zero attached hydrogens (tertiary/aromatic N) is 2. The van der Waals surface area contributed by atoms with Crippen molar-refractivity contribution in [1.82, 2.24) is 4.31 Å². The SMILES string of the molecule is CN([C@](C)(C#N)C1CC1)S(=O)(=O)c1cccc(I)c1. The molecule has 0 spiro atoms. The van der Waals surface area contributed by atoms with Crippen molar-refractivity contribution in [2.24, 2.45) is 5.92 Å². The fourth-order valence-electron chi connectivity index (χ4n) is 2.10. The molecule has 1 aromatic carbocycles. The van der Waals surface area contributed by atoms with Crippen LogP contribution in [0.1, 0.15) is 19.8 Å². The third kappa shape index (κ3) is 2.64. The summed E-state index contributed by atoms with van der Waals surface area (Å²) in [6, 6.07) is 8.91. The lowest BCUT2D eigenvalue weighted by atomic mass is 9.99. The minimum Gasteiger partial charge on any atom is -0.207 e. The van der Waals surface area contributed by atoms with Crippen LogP contribution in [0.2, 0.25) is 0 Å². The lowest BCUT2D eigenvalue weighted by Gasteiger charge is -2.32. The maximum absolute atomic E-state index is 12.6. The second-order valence-electron chi connectivity index (χ2n) is 4.96. The first-order valence-electron chi connectivity index (χ1n) is 5.98. The van der Waals surface area contributed by atoms with Gasteiger partial charge in [0.2, 0.25) is 10.0 Å². The van der Waals surface area contributed by atoms with Gasteiger partial charge in [0.25, 0.3) is 0 Å². The van der Waals surface area contributed by atoms with Crippen molar-refractivity contribution in [2.75, 3.05) is 7.05 Å². The lowest BCUT2D eigenvalue weighted by Crippen LogP contribution is -2.47. The molecule has 1 fully saturated rings. The summed E-state index contributed by atoms with van der Waals surface area (Å²) in [5, 5.41) is 9.37. The molecule has 0 heterocycles. The highest BCUT2D eigenvalue weighted by molar-refractivity contribution is 14.1. The number of hydrogen-bond donors (Lipinski definition) is 0. The summed E-state index contributed by atoms with van der Waals surface area (Å²) in [6.07, 6.45) is 1.83. The molecule has 0 bridgehead atoms. The van der Waals surface area contributed by atoms with Gasteiger partial charge in [-0.25, -0.2) is 8.42 Å². The molecular weight excluding hydrogens is 375 g/mol. The molecule has 0 aromatic heterocycles. The van der Waals surface area contributed by atoms with Crippen LogP contribution in [0.25, 0.3) is 0 Å². The Balaban J connectivity index is 2.42. The van der Waals surface area contributed by atoms with Gasteiger partial charge >= 0.3 is 0 Å². The molecule has 0 amide bonds. The average molecular weight is 390 g/mol. The van der Waals surface area contributed by atoms with Gasteiger partial charge in [0.05, 0.1) is 11.0 Å². The molecule has 0 unspecified atom stereocenters. The van der Waals surface area contributed by atoms with Crippen LogP contribution >= 0.6 is 22.6 Å². The van der Waals surface area contributed by atoms with E-state index < -0.39 is 15.6 Å². The van der Waals surface area contributed by atoms with E-state index in [0.717, 1.165) is 16.4 Å². The minimum atomic E-state index is -3.63. The molecule has 1 aromatic rings. The Morgan fingerprint density at radius 3 is 2.58 bits per heavy atom. The van der Waals surface area contributed by atoms with Gasteiger partial charge in [-0.05, 0) is 66.5 Å². The maximum atomic E-state index is 12.6. The molecule has 1 saturated carbocycles. The van der Waals surface area contributed by atoms with Gasteiger partial charge < -0.3 is 0 Å². The summed E-state index contributed by atoms with van der Waals surface area (Å²) in [7, 11) is -2.13. The van der Waals surface area contributed by atoms with Gasteiger partial charge in [0, 0.05) is 10.6 Å². The number of hydrogen-bond acceptors (Lipinski definition) is 3. The first-order valence-corrected chi connectivity index (χ1v) is 8.50.